The highest BCUT2D eigenvalue weighted by Crippen LogP contribution is 2.33. The summed E-state index contributed by atoms with van der Waals surface area (Å²) in [4.78, 5) is 12.0. The van der Waals surface area contributed by atoms with Crippen molar-refractivity contribution in [3.05, 3.63) is 42.5 Å². The molecule has 0 fully saturated rings. The normalized spacial score (nSPS) is 10.4. The van der Waals surface area contributed by atoms with Crippen molar-refractivity contribution in [3.8, 4) is 17.2 Å². The minimum Gasteiger partial charge on any atom is -0.493 e. The zero-order chi connectivity index (χ0) is 18.2. The molecule has 2 amide bonds. The SMILES string of the molecule is CCC(CC)NC(=O)Nc1ccc(Oc2ccc(N)cc2OC)cc1. The van der Waals surface area contributed by atoms with Crippen LogP contribution in [-0.4, -0.2) is 19.2 Å². The number of carbonyl (C=O) groups is 1. The lowest BCUT2D eigenvalue weighted by molar-refractivity contribution is 0.247. The molecule has 0 unspecified atom stereocenters. The lowest BCUT2D eigenvalue weighted by atomic mass is 10.2. The first-order chi connectivity index (χ1) is 12.0. The number of ether oxygens (including phenoxy) is 2. The summed E-state index contributed by atoms with van der Waals surface area (Å²) in [6.07, 6.45) is 1.81. The van der Waals surface area contributed by atoms with Crippen LogP contribution in [0, 0.1) is 0 Å². The smallest absolute Gasteiger partial charge is 0.319 e. The number of nitrogens with one attached hydrogen (secondary N) is 2. The number of carbonyl (C=O) groups excluding carboxylic acids is 1. The highest BCUT2D eigenvalue weighted by molar-refractivity contribution is 5.89. The second kappa shape index (κ2) is 8.82. The van der Waals surface area contributed by atoms with Crippen LogP contribution >= 0.6 is 0 Å². The predicted octanol–water partition coefficient (Wildman–Crippen LogP) is 4.38. The zero-order valence-corrected chi connectivity index (χ0v) is 14.8. The third-order valence-electron chi connectivity index (χ3n) is 3.85. The minimum absolute atomic E-state index is 0.181. The Morgan fingerprint density at radius 2 is 1.76 bits per heavy atom. The largest absolute Gasteiger partial charge is 0.493 e. The lowest BCUT2D eigenvalue weighted by Crippen LogP contribution is -2.37. The lowest BCUT2D eigenvalue weighted by Gasteiger charge is -2.15. The summed E-state index contributed by atoms with van der Waals surface area (Å²) in [5.41, 5.74) is 7.03. The summed E-state index contributed by atoms with van der Waals surface area (Å²) in [7, 11) is 1.56. The molecule has 0 aliphatic heterocycles. The van der Waals surface area contributed by atoms with Crippen molar-refractivity contribution in [2.45, 2.75) is 32.7 Å². The molecule has 25 heavy (non-hydrogen) atoms. The molecule has 0 aromatic heterocycles. The Labute approximate surface area is 148 Å². The van der Waals surface area contributed by atoms with Crippen LogP contribution in [0.15, 0.2) is 42.5 Å². The zero-order valence-electron chi connectivity index (χ0n) is 14.8. The summed E-state index contributed by atoms with van der Waals surface area (Å²) >= 11 is 0. The maximum atomic E-state index is 12.0. The number of hydrogen-bond donors (Lipinski definition) is 3. The molecule has 0 saturated carbocycles. The number of rotatable bonds is 7. The van der Waals surface area contributed by atoms with E-state index >= 15 is 0 Å². The summed E-state index contributed by atoms with van der Waals surface area (Å²) in [5.74, 6) is 1.77. The molecule has 4 N–H and O–H groups in total. The Bertz CT molecular complexity index is 698. The van der Waals surface area contributed by atoms with Crippen LogP contribution in [0.3, 0.4) is 0 Å². The third kappa shape index (κ3) is 5.31. The molecule has 2 aromatic rings. The van der Waals surface area contributed by atoms with Gasteiger partial charge in [-0.3, -0.25) is 0 Å². The standard InChI is InChI=1S/C19H25N3O3/c1-4-14(5-2)21-19(23)22-15-7-9-16(10-8-15)25-17-11-6-13(20)12-18(17)24-3/h6-12,14H,4-5,20H2,1-3H3,(H2,21,22,23). The average molecular weight is 343 g/mol. The van der Waals surface area contributed by atoms with Gasteiger partial charge in [0.25, 0.3) is 0 Å². The maximum absolute atomic E-state index is 12.0. The van der Waals surface area contributed by atoms with Crippen molar-refractivity contribution < 1.29 is 14.3 Å². The third-order valence-corrected chi connectivity index (χ3v) is 3.85. The molecule has 0 spiro atoms. The van der Waals surface area contributed by atoms with E-state index in [1.54, 1.807) is 49.6 Å². The van der Waals surface area contributed by atoms with Crippen LogP contribution in [0.2, 0.25) is 0 Å². The van der Waals surface area contributed by atoms with Crippen LogP contribution in [0.1, 0.15) is 26.7 Å². The number of hydrogen-bond acceptors (Lipinski definition) is 4. The fourth-order valence-corrected chi connectivity index (χ4v) is 2.35. The molecule has 0 radical (unpaired) electrons. The number of urea groups is 1. The summed E-state index contributed by atoms with van der Waals surface area (Å²) in [6, 6.07) is 12.3. The van der Waals surface area contributed by atoms with Crippen molar-refractivity contribution in [1.29, 1.82) is 0 Å². The summed E-state index contributed by atoms with van der Waals surface area (Å²) in [6.45, 7) is 4.10. The van der Waals surface area contributed by atoms with Crippen LogP contribution in [0.4, 0.5) is 16.2 Å². The molecule has 6 nitrogen and oxygen atoms in total. The first-order valence-corrected chi connectivity index (χ1v) is 8.34. The van der Waals surface area contributed by atoms with Gasteiger partial charge in [0.1, 0.15) is 5.75 Å². The van der Waals surface area contributed by atoms with Gasteiger partial charge in [0.05, 0.1) is 7.11 Å². The van der Waals surface area contributed by atoms with Crippen molar-refractivity contribution in [1.82, 2.24) is 5.32 Å². The van der Waals surface area contributed by atoms with Crippen LogP contribution < -0.4 is 25.8 Å². The van der Waals surface area contributed by atoms with Crippen molar-refractivity contribution >= 4 is 17.4 Å². The van der Waals surface area contributed by atoms with Crippen molar-refractivity contribution in [2.75, 3.05) is 18.2 Å². The van der Waals surface area contributed by atoms with E-state index in [-0.39, 0.29) is 12.1 Å². The van der Waals surface area contributed by atoms with E-state index in [2.05, 4.69) is 10.6 Å². The molecule has 0 heterocycles. The van der Waals surface area contributed by atoms with Gasteiger partial charge in [0.2, 0.25) is 0 Å². The molecule has 6 heteroatoms. The van der Waals surface area contributed by atoms with Gasteiger partial charge in [-0.1, -0.05) is 13.8 Å². The Kier molecular flexibility index (Phi) is 6.51. The fourth-order valence-electron chi connectivity index (χ4n) is 2.35. The van der Waals surface area contributed by atoms with E-state index in [1.165, 1.54) is 0 Å². The molecular formula is C19H25N3O3. The quantitative estimate of drug-likeness (QED) is 0.651. The monoisotopic (exact) mass is 343 g/mol. The van der Waals surface area contributed by atoms with E-state index in [1.807, 2.05) is 13.8 Å². The molecule has 2 rings (SSSR count). The van der Waals surface area contributed by atoms with Crippen molar-refractivity contribution in [2.24, 2.45) is 0 Å². The predicted molar refractivity (Wildman–Crippen MR) is 100 cm³/mol. The highest BCUT2D eigenvalue weighted by atomic mass is 16.5. The van der Waals surface area contributed by atoms with Crippen LogP contribution in [-0.2, 0) is 0 Å². The Hall–Kier alpha value is -2.89. The van der Waals surface area contributed by atoms with Crippen LogP contribution in [0.5, 0.6) is 17.2 Å². The minimum atomic E-state index is -0.206. The summed E-state index contributed by atoms with van der Waals surface area (Å²) < 4.78 is 11.1. The number of anilines is 2. The molecule has 0 atom stereocenters. The molecule has 0 bridgehead atoms. The number of methoxy groups -OCH3 is 1. The first-order valence-electron chi connectivity index (χ1n) is 8.34. The molecule has 0 saturated heterocycles. The molecular weight excluding hydrogens is 318 g/mol. The number of nitrogen functional groups attached to an aromatic ring is 1. The van der Waals surface area contributed by atoms with E-state index < -0.39 is 0 Å². The molecule has 0 aliphatic carbocycles. The van der Waals surface area contributed by atoms with E-state index in [9.17, 15) is 4.79 Å². The van der Waals surface area contributed by atoms with Gasteiger partial charge in [-0.2, -0.15) is 0 Å². The van der Waals surface area contributed by atoms with E-state index in [4.69, 9.17) is 15.2 Å². The Balaban J connectivity index is 1.99. The van der Waals surface area contributed by atoms with Gasteiger partial charge in [-0.25, -0.2) is 4.79 Å². The summed E-state index contributed by atoms with van der Waals surface area (Å²) in [5, 5.41) is 5.75. The Morgan fingerprint density at radius 1 is 1.08 bits per heavy atom. The topological polar surface area (TPSA) is 85.6 Å². The number of benzene rings is 2. The van der Waals surface area contributed by atoms with Gasteiger partial charge in [0.15, 0.2) is 11.5 Å². The van der Waals surface area contributed by atoms with Gasteiger partial charge in [-0.15, -0.1) is 0 Å². The van der Waals surface area contributed by atoms with E-state index in [0.29, 0.717) is 28.6 Å². The number of amides is 2. The number of nitrogens with two attached hydrogens (primary N) is 1. The van der Waals surface area contributed by atoms with Gasteiger partial charge in [0, 0.05) is 23.5 Å². The first kappa shape index (κ1) is 18.4. The second-order valence-corrected chi connectivity index (χ2v) is 5.65. The molecule has 2 aromatic carbocycles. The maximum Gasteiger partial charge on any atom is 0.319 e. The van der Waals surface area contributed by atoms with Crippen LogP contribution in [0.25, 0.3) is 0 Å². The highest BCUT2D eigenvalue weighted by Gasteiger charge is 2.09. The molecule has 134 valence electrons. The van der Waals surface area contributed by atoms with Gasteiger partial charge in [-0.05, 0) is 49.2 Å². The fraction of sp³-hybridized carbons (Fsp3) is 0.316. The average Bonchev–Trinajstić information content (AvgIpc) is 2.62. The Morgan fingerprint density at radius 3 is 2.36 bits per heavy atom. The van der Waals surface area contributed by atoms with E-state index in [0.717, 1.165) is 12.8 Å². The molecule has 0 aliphatic rings. The van der Waals surface area contributed by atoms with Gasteiger partial charge < -0.3 is 25.8 Å². The second-order valence-electron chi connectivity index (χ2n) is 5.65. The van der Waals surface area contributed by atoms with Gasteiger partial charge >= 0.3 is 6.03 Å². The van der Waals surface area contributed by atoms with Crippen molar-refractivity contribution in [3.63, 3.8) is 0 Å².